The number of nitro groups is 1. The largest absolute Gasteiger partial charge is 0.545 e. The molecule has 5 nitrogen and oxygen atoms in total. The highest BCUT2D eigenvalue weighted by Crippen LogP contribution is 2.32. The second kappa shape index (κ2) is 5.94. The monoisotopic (exact) mass is 308 g/mol. The summed E-state index contributed by atoms with van der Waals surface area (Å²) in [4.78, 5) is 22.2. The van der Waals surface area contributed by atoms with Crippen LogP contribution in [0.4, 0.5) is 5.69 Å². The van der Waals surface area contributed by atoms with E-state index in [9.17, 15) is 20.0 Å². The van der Waals surface area contributed by atoms with Gasteiger partial charge in [-0.3, -0.25) is 10.1 Å². The Hall–Kier alpha value is -2.05. The van der Waals surface area contributed by atoms with Gasteiger partial charge < -0.3 is 9.90 Å². The number of carbonyl (C=O) groups is 1. The Kier molecular flexibility index (Phi) is 4.26. The molecule has 0 aliphatic rings. The quantitative estimate of drug-likeness (QED) is 0.640. The molecule has 0 aromatic heterocycles. The second-order valence-electron chi connectivity index (χ2n) is 3.78. The zero-order chi connectivity index (χ0) is 14.7. The highest BCUT2D eigenvalue weighted by molar-refractivity contribution is 7.99. The molecule has 0 atom stereocenters. The Bertz CT molecular complexity index is 673. The van der Waals surface area contributed by atoms with Crippen LogP contribution in [0, 0.1) is 10.1 Å². The molecule has 0 spiro atoms. The molecule has 0 aliphatic carbocycles. The van der Waals surface area contributed by atoms with Crippen LogP contribution < -0.4 is 5.11 Å². The Labute approximate surface area is 123 Å². The zero-order valence-electron chi connectivity index (χ0n) is 9.91. The van der Waals surface area contributed by atoms with Gasteiger partial charge in [0.2, 0.25) is 0 Å². The van der Waals surface area contributed by atoms with Crippen LogP contribution in [0.15, 0.2) is 52.3 Å². The number of halogens is 1. The van der Waals surface area contributed by atoms with E-state index >= 15 is 0 Å². The second-order valence-corrected chi connectivity index (χ2v) is 5.33. The van der Waals surface area contributed by atoms with Crippen molar-refractivity contribution in [1.82, 2.24) is 0 Å². The first-order chi connectivity index (χ1) is 9.47. The van der Waals surface area contributed by atoms with Gasteiger partial charge in [0.25, 0.3) is 5.69 Å². The third kappa shape index (κ3) is 3.28. The summed E-state index contributed by atoms with van der Waals surface area (Å²) in [5.41, 5.74) is -0.496. The highest BCUT2D eigenvalue weighted by Gasteiger charge is 2.12. The fraction of sp³-hybridized carbons (Fsp3) is 0. The Balaban J connectivity index is 2.38. The molecule has 0 amide bonds. The van der Waals surface area contributed by atoms with Crippen LogP contribution in [0.5, 0.6) is 0 Å². The summed E-state index contributed by atoms with van der Waals surface area (Å²) in [7, 11) is 0. The molecule has 2 rings (SSSR count). The number of hydrogen-bond acceptors (Lipinski definition) is 5. The minimum atomic E-state index is -1.45. The van der Waals surface area contributed by atoms with E-state index in [4.69, 9.17) is 11.6 Å². The van der Waals surface area contributed by atoms with E-state index in [1.807, 2.05) is 0 Å². The molecule has 0 saturated heterocycles. The number of nitrogens with zero attached hydrogens (tertiary/aromatic N) is 1. The molecular formula is C13H7ClNO4S-. The molecule has 0 heterocycles. The van der Waals surface area contributed by atoms with Crippen LogP contribution in [0.1, 0.15) is 10.4 Å². The van der Waals surface area contributed by atoms with Gasteiger partial charge in [-0.05, 0) is 30.3 Å². The summed E-state index contributed by atoms with van der Waals surface area (Å²) < 4.78 is 0. The standard InChI is InChI=1S/C13H8ClNO4S/c14-8-1-4-10(5-2-8)20-12-6-3-9(15(18)19)7-11(12)13(16)17/h1-7H,(H,16,17)/p-1. The van der Waals surface area contributed by atoms with Crippen molar-refractivity contribution in [3.8, 4) is 0 Å². The third-order valence-electron chi connectivity index (χ3n) is 2.44. The van der Waals surface area contributed by atoms with Gasteiger partial charge in [-0.15, -0.1) is 0 Å². The first-order valence-electron chi connectivity index (χ1n) is 5.40. The van der Waals surface area contributed by atoms with Crippen molar-refractivity contribution in [2.75, 3.05) is 0 Å². The number of carbonyl (C=O) groups excluding carboxylic acids is 1. The van der Waals surface area contributed by atoms with Crippen molar-refractivity contribution in [3.05, 3.63) is 63.2 Å². The molecule has 20 heavy (non-hydrogen) atoms. The minimum Gasteiger partial charge on any atom is -0.545 e. The predicted octanol–water partition coefficient (Wildman–Crippen LogP) is 2.76. The summed E-state index contributed by atoms with van der Waals surface area (Å²) in [6, 6.07) is 10.4. The van der Waals surface area contributed by atoms with Gasteiger partial charge >= 0.3 is 0 Å². The van der Waals surface area contributed by atoms with Crippen LogP contribution in [-0.2, 0) is 0 Å². The lowest BCUT2D eigenvalue weighted by Gasteiger charge is -2.09. The van der Waals surface area contributed by atoms with E-state index in [-0.39, 0.29) is 11.3 Å². The van der Waals surface area contributed by atoms with E-state index < -0.39 is 10.9 Å². The molecule has 0 unspecified atom stereocenters. The van der Waals surface area contributed by atoms with Gasteiger partial charge in [-0.2, -0.15) is 0 Å². The van der Waals surface area contributed by atoms with Crippen LogP contribution >= 0.6 is 23.4 Å². The van der Waals surface area contributed by atoms with Crippen LogP contribution in [0.2, 0.25) is 5.02 Å². The molecule has 7 heteroatoms. The maximum absolute atomic E-state index is 11.1. The molecule has 0 bridgehead atoms. The summed E-state index contributed by atoms with van der Waals surface area (Å²) >= 11 is 6.93. The smallest absolute Gasteiger partial charge is 0.270 e. The van der Waals surface area contributed by atoms with Crippen LogP contribution in [-0.4, -0.2) is 10.9 Å². The van der Waals surface area contributed by atoms with Crippen molar-refractivity contribution in [2.24, 2.45) is 0 Å². The lowest BCUT2D eigenvalue weighted by atomic mass is 10.2. The summed E-state index contributed by atoms with van der Waals surface area (Å²) in [5, 5.41) is 22.3. The number of nitro benzene ring substituents is 1. The topological polar surface area (TPSA) is 83.3 Å². The van der Waals surface area contributed by atoms with E-state index in [0.29, 0.717) is 9.92 Å². The molecule has 0 saturated carbocycles. The molecule has 0 radical (unpaired) electrons. The van der Waals surface area contributed by atoms with Crippen molar-refractivity contribution in [1.29, 1.82) is 0 Å². The van der Waals surface area contributed by atoms with Gasteiger partial charge in [0.1, 0.15) is 0 Å². The molecular weight excluding hydrogens is 302 g/mol. The molecule has 102 valence electrons. The number of rotatable bonds is 4. The third-order valence-corrected chi connectivity index (χ3v) is 3.77. The van der Waals surface area contributed by atoms with E-state index in [2.05, 4.69) is 0 Å². The SMILES string of the molecule is O=C([O-])c1cc([N+](=O)[O-])ccc1Sc1ccc(Cl)cc1. The highest BCUT2D eigenvalue weighted by atomic mass is 35.5. The van der Waals surface area contributed by atoms with Crippen molar-refractivity contribution in [3.63, 3.8) is 0 Å². The summed E-state index contributed by atoms with van der Waals surface area (Å²) in [6.45, 7) is 0. The van der Waals surface area contributed by atoms with E-state index in [1.165, 1.54) is 23.9 Å². The molecule has 0 N–H and O–H groups in total. The molecule has 0 aliphatic heterocycles. The molecule has 2 aromatic carbocycles. The van der Waals surface area contributed by atoms with E-state index in [1.54, 1.807) is 24.3 Å². The maximum Gasteiger partial charge on any atom is 0.270 e. The maximum atomic E-state index is 11.1. The summed E-state index contributed by atoms with van der Waals surface area (Å²) in [5.74, 6) is -1.45. The minimum absolute atomic E-state index is 0.209. The average Bonchev–Trinajstić information content (AvgIpc) is 2.41. The Morgan fingerprint density at radius 2 is 1.80 bits per heavy atom. The lowest BCUT2D eigenvalue weighted by Crippen LogP contribution is -2.23. The van der Waals surface area contributed by atoms with Gasteiger partial charge in [0.05, 0.1) is 10.9 Å². The fourth-order valence-corrected chi connectivity index (χ4v) is 2.55. The predicted molar refractivity (Wildman–Crippen MR) is 73.0 cm³/mol. The Morgan fingerprint density at radius 1 is 1.15 bits per heavy atom. The fourth-order valence-electron chi connectivity index (χ4n) is 1.51. The Morgan fingerprint density at radius 3 is 2.35 bits per heavy atom. The number of benzene rings is 2. The first kappa shape index (κ1) is 14.4. The normalized spacial score (nSPS) is 10.2. The summed E-state index contributed by atoms with van der Waals surface area (Å²) in [6.07, 6.45) is 0. The molecule has 0 fully saturated rings. The number of non-ortho nitro benzene ring substituents is 1. The van der Waals surface area contributed by atoms with Crippen molar-refractivity contribution < 1.29 is 14.8 Å². The van der Waals surface area contributed by atoms with Gasteiger partial charge in [-0.25, -0.2) is 0 Å². The number of carboxylic acids is 1. The van der Waals surface area contributed by atoms with Crippen molar-refractivity contribution >= 4 is 35.0 Å². The lowest BCUT2D eigenvalue weighted by molar-refractivity contribution is -0.385. The number of hydrogen-bond donors (Lipinski definition) is 0. The van der Waals surface area contributed by atoms with Crippen molar-refractivity contribution in [2.45, 2.75) is 9.79 Å². The number of aromatic carboxylic acids is 1. The average molecular weight is 309 g/mol. The van der Waals surface area contributed by atoms with Crippen LogP contribution in [0.3, 0.4) is 0 Å². The van der Waals surface area contributed by atoms with E-state index in [0.717, 1.165) is 11.0 Å². The van der Waals surface area contributed by atoms with Gasteiger partial charge in [-0.1, -0.05) is 23.4 Å². The first-order valence-corrected chi connectivity index (χ1v) is 6.60. The number of carboxylic acid groups (broad SMARTS) is 1. The molecule has 2 aromatic rings. The van der Waals surface area contributed by atoms with Gasteiger partial charge in [0, 0.05) is 32.5 Å². The van der Waals surface area contributed by atoms with Crippen LogP contribution in [0.25, 0.3) is 0 Å². The van der Waals surface area contributed by atoms with Gasteiger partial charge in [0.15, 0.2) is 0 Å². The zero-order valence-corrected chi connectivity index (χ0v) is 11.5.